The summed E-state index contributed by atoms with van der Waals surface area (Å²) in [6.07, 6.45) is -1.80. The van der Waals surface area contributed by atoms with Crippen molar-refractivity contribution in [2.45, 2.75) is 32.4 Å². The van der Waals surface area contributed by atoms with Crippen LogP contribution in [0.25, 0.3) is 0 Å². The fourth-order valence-corrected chi connectivity index (χ4v) is 1.50. The van der Waals surface area contributed by atoms with E-state index in [2.05, 4.69) is 4.98 Å². The number of hydrogen-bond donors (Lipinski definition) is 3. The molecule has 0 saturated carbocycles. The molecule has 0 aromatic carbocycles. The number of hydrogen-bond acceptors (Lipinski definition) is 4. The zero-order valence-corrected chi connectivity index (χ0v) is 10.0. The Bertz CT molecular complexity index is 378. The van der Waals surface area contributed by atoms with Gasteiger partial charge in [-0.05, 0) is 6.92 Å². The fourth-order valence-electron chi connectivity index (χ4n) is 1.50. The quantitative estimate of drug-likeness (QED) is 0.776. The highest BCUT2D eigenvalue weighted by Crippen LogP contribution is 2.31. The van der Waals surface area contributed by atoms with Crippen molar-refractivity contribution in [3.63, 3.8) is 0 Å². The second-order valence-electron chi connectivity index (χ2n) is 3.52. The summed E-state index contributed by atoms with van der Waals surface area (Å²) in [6.45, 7) is 1.14. The molecule has 0 aliphatic carbocycles. The van der Waals surface area contributed by atoms with Crippen molar-refractivity contribution in [1.29, 1.82) is 0 Å². The number of rotatable bonds is 4. The van der Waals surface area contributed by atoms with Crippen molar-refractivity contribution in [2.75, 3.05) is 0 Å². The fraction of sp³-hybridized carbons (Fsp3) is 0.500. The number of alkyl halides is 2. The van der Waals surface area contributed by atoms with E-state index < -0.39 is 25.5 Å². The van der Waals surface area contributed by atoms with Gasteiger partial charge in [-0.25, -0.2) is 8.78 Å². The van der Waals surface area contributed by atoms with Crippen molar-refractivity contribution in [2.24, 2.45) is 5.73 Å². The second kappa shape index (κ2) is 6.68. The van der Waals surface area contributed by atoms with Crippen LogP contribution >= 0.6 is 12.4 Å². The summed E-state index contributed by atoms with van der Waals surface area (Å²) in [6, 6.07) is -1.01. The highest BCUT2D eigenvalue weighted by molar-refractivity contribution is 5.85. The van der Waals surface area contributed by atoms with Crippen LogP contribution in [0.1, 0.15) is 29.3 Å². The lowest BCUT2D eigenvalue weighted by atomic mass is 9.99. The van der Waals surface area contributed by atoms with Crippen LogP contribution in [0.2, 0.25) is 0 Å². The molecule has 7 heteroatoms. The van der Waals surface area contributed by atoms with Crippen LogP contribution in [0.3, 0.4) is 0 Å². The minimum Gasteiger partial charge on any atom is -0.506 e. The van der Waals surface area contributed by atoms with E-state index in [0.717, 1.165) is 0 Å². The molecular formula is C10H15ClF2N2O2. The first kappa shape index (κ1) is 16.0. The number of aliphatic hydroxyl groups is 1. The Balaban J connectivity index is 0.00000256. The van der Waals surface area contributed by atoms with Gasteiger partial charge >= 0.3 is 0 Å². The summed E-state index contributed by atoms with van der Waals surface area (Å²) < 4.78 is 24.4. The molecular weight excluding hydrogens is 254 g/mol. The zero-order valence-electron chi connectivity index (χ0n) is 9.23. The Kier molecular flexibility index (Phi) is 6.30. The molecule has 98 valence electrons. The average molecular weight is 269 g/mol. The molecule has 0 aliphatic heterocycles. The van der Waals surface area contributed by atoms with Crippen LogP contribution in [0.4, 0.5) is 8.78 Å². The van der Waals surface area contributed by atoms with E-state index in [4.69, 9.17) is 10.8 Å². The van der Waals surface area contributed by atoms with Gasteiger partial charge < -0.3 is 15.9 Å². The van der Waals surface area contributed by atoms with Crippen LogP contribution in [0, 0.1) is 6.92 Å². The van der Waals surface area contributed by atoms with Crippen molar-refractivity contribution in [1.82, 2.24) is 4.98 Å². The summed E-state index contributed by atoms with van der Waals surface area (Å²) in [5.74, 6) is -0.222. The topological polar surface area (TPSA) is 79.4 Å². The Labute approximate surface area is 104 Å². The highest BCUT2D eigenvalue weighted by Gasteiger charge is 2.21. The maximum absolute atomic E-state index is 12.2. The first-order valence-corrected chi connectivity index (χ1v) is 4.79. The van der Waals surface area contributed by atoms with E-state index >= 15 is 0 Å². The lowest BCUT2D eigenvalue weighted by Gasteiger charge is -2.17. The zero-order chi connectivity index (χ0) is 12.3. The van der Waals surface area contributed by atoms with Crippen LogP contribution in [0.5, 0.6) is 5.75 Å². The first-order valence-electron chi connectivity index (χ1n) is 4.79. The minimum atomic E-state index is -2.56. The third-order valence-electron chi connectivity index (χ3n) is 2.33. The second-order valence-corrected chi connectivity index (χ2v) is 3.52. The van der Waals surface area contributed by atoms with Gasteiger partial charge in [-0.2, -0.15) is 0 Å². The standard InChI is InChI=1S/C10H14F2N2O2.ClH/c1-5-10(16)9(6(4-15)3-14-5)7(13)2-8(11)12;/h3,7-8,15-16H,2,4,13H2,1H3;1H/t7-;/m1./s1. The first-order chi connectivity index (χ1) is 7.47. The number of aliphatic hydroxyl groups excluding tert-OH is 1. The summed E-state index contributed by atoms with van der Waals surface area (Å²) in [5, 5.41) is 18.7. The molecule has 0 amide bonds. The number of aryl methyl sites for hydroxylation is 1. The van der Waals surface area contributed by atoms with Crippen molar-refractivity contribution in [3.8, 4) is 5.75 Å². The number of aromatic hydroxyl groups is 1. The number of nitrogens with zero attached hydrogens (tertiary/aromatic N) is 1. The van der Waals surface area contributed by atoms with Gasteiger partial charge in [-0.1, -0.05) is 0 Å². The SMILES string of the molecule is Cc1ncc(CO)c([C@H](N)CC(F)F)c1O.Cl. The van der Waals surface area contributed by atoms with Gasteiger partial charge in [0.1, 0.15) is 5.75 Å². The predicted octanol–water partition coefficient (Wildman–Crippen LogP) is 1.66. The molecule has 1 aromatic rings. The lowest BCUT2D eigenvalue weighted by Crippen LogP contribution is -2.17. The number of aromatic nitrogens is 1. The van der Waals surface area contributed by atoms with Crippen LogP contribution < -0.4 is 5.73 Å². The van der Waals surface area contributed by atoms with E-state index in [1.54, 1.807) is 0 Å². The molecule has 0 unspecified atom stereocenters. The molecule has 1 rings (SSSR count). The molecule has 1 atom stereocenters. The molecule has 0 aliphatic rings. The van der Waals surface area contributed by atoms with Gasteiger partial charge in [-0.3, -0.25) is 4.98 Å². The monoisotopic (exact) mass is 268 g/mol. The minimum absolute atomic E-state index is 0. The number of nitrogens with two attached hydrogens (primary N) is 1. The van der Waals surface area contributed by atoms with Gasteiger partial charge in [0.25, 0.3) is 0 Å². The molecule has 4 N–H and O–H groups in total. The number of pyridine rings is 1. The molecule has 17 heavy (non-hydrogen) atoms. The Morgan fingerprint density at radius 1 is 1.47 bits per heavy atom. The van der Waals surface area contributed by atoms with E-state index in [-0.39, 0.29) is 29.3 Å². The highest BCUT2D eigenvalue weighted by atomic mass is 35.5. The average Bonchev–Trinajstić information content (AvgIpc) is 2.20. The smallest absolute Gasteiger partial charge is 0.240 e. The van der Waals surface area contributed by atoms with Crippen molar-refractivity contribution >= 4 is 12.4 Å². The van der Waals surface area contributed by atoms with E-state index in [0.29, 0.717) is 5.69 Å². The third kappa shape index (κ3) is 3.76. The van der Waals surface area contributed by atoms with Gasteiger partial charge in [0, 0.05) is 29.8 Å². The molecule has 1 aromatic heterocycles. The largest absolute Gasteiger partial charge is 0.506 e. The molecule has 1 heterocycles. The Morgan fingerprint density at radius 2 is 2.06 bits per heavy atom. The van der Waals surface area contributed by atoms with Gasteiger partial charge in [0.15, 0.2) is 0 Å². The van der Waals surface area contributed by atoms with E-state index in [1.165, 1.54) is 13.1 Å². The summed E-state index contributed by atoms with van der Waals surface area (Å²) in [5.41, 5.74) is 6.29. The Hall–Kier alpha value is -0.980. The normalized spacial score (nSPS) is 12.4. The Morgan fingerprint density at radius 3 is 2.53 bits per heavy atom. The summed E-state index contributed by atoms with van der Waals surface area (Å²) in [4.78, 5) is 3.82. The number of halogens is 3. The summed E-state index contributed by atoms with van der Waals surface area (Å²) >= 11 is 0. The molecule has 0 saturated heterocycles. The predicted molar refractivity (Wildman–Crippen MR) is 61.4 cm³/mol. The maximum Gasteiger partial charge on any atom is 0.240 e. The molecule has 0 radical (unpaired) electrons. The van der Waals surface area contributed by atoms with E-state index in [9.17, 15) is 13.9 Å². The summed E-state index contributed by atoms with van der Waals surface area (Å²) in [7, 11) is 0. The van der Waals surface area contributed by atoms with Crippen molar-refractivity contribution in [3.05, 3.63) is 23.0 Å². The van der Waals surface area contributed by atoms with Gasteiger partial charge in [-0.15, -0.1) is 12.4 Å². The maximum atomic E-state index is 12.2. The van der Waals surface area contributed by atoms with Crippen LogP contribution in [0.15, 0.2) is 6.20 Å². The van der Waals surface area contributed by atoms with Gasteiger partial charge in [0.05, 0.1) is 12.3 Å². The van der Waals surface area contributed by atoms with Gasteiger partial charge in [0.2, 0.25) is 6.43 Å². The molecule has 4 nitrogen and oxygen atoms in total. The van der Waals surface area contributed by atoms with Crippen LogP contribution in [-0.2, 0) is 6.61 Å². The lowest BCUT2D eigenvalue weighted by molar-refractivity contribution is 0.127. The molecule has 0 fully saturated rings. The van der Waals surface area contributed by atoms with E-state index in [1.807, 2.05) is 0 Å². The van der Waals surface area contributed by atoms with Crippen LogP contribution in [-0.4, -0.2) is 21.6 Å². The van der Waals surface area contributed by atoms with Crippen molar-refractivity contribution < 1.29 is 19.0 Å². The molecule has 0 bridgehead atoms. The third-order valence-corrected chi connectivity index (χ3v) is 2.33. The molecule has 0 spiro atoms.